The lowest BCUT2D eigenvalue weighted by molar-refractivity contribution is 0.174. The Kier molecular flexibility index (Phi) is 4.69. The Bertz CT molecular complexity index is 1290. The molecule has 2 aromatic carbocycles. The zero-order valence-electron chi connectivity index (χ0n) is 16.2. The van der Waals surface area contributed by atoms with Crippen molar-refractivity contribution < 1.29 is 9.47 Å². The van der Waals surface area contributed by atoms with E-state index in [1.807, 2.05) is 43.3 Å². The van der Waals surface area contributed by atoms with E-state index in [2.05, 4.69) is 15.4 Å². The molecule has 5 rings (SSSR count). The number of aromatic nitrogens is 3. The molecule has 152 valence electrons. The van der Waals surface area contributed by atoms with E-state index in [-0.39, 0.29) is 12.4 Å². The number of pyridine rings is 1. The second-order valence-corrected chi connectivity index (χ2v) is 7.59. The molecule has 1 aliphatic heterocycles. The molecule has 8 heteroatoms. The van der Waals surface area contributed by atoms with Gasteiger partial charge in [-0.05, 0) is 55.0 Å². The molecule has 7 nitrogen and oxygen atoms in total. The second kappa shape index (κ2) is 7.51. The molecule has 2 N–H and O–H groups in total. The summed E-state index contributed by atoms with van der Waals surface area (Å²) in [7, 11) is 0. The van der Waals surface area contributed by atoms with Crippen molar-refractivity contribution in [3.63, 3.8) is 0 Å². The molecule has 0 aliphatic carbocycles. The van der Waals surface area contributed by atoms with Crippen molar-refractivity contribution >= 4 is 22.6 Å². The number of halogens is 1. The average Bonchev–Trinajstić information content (AvgIpc) is 3.33. The first-order valence-corrected chi connectivity index (χ1v) is 9.93. The molecule has 0 bridgehead atoms. The maximum Gasteiger partial charge on any atom is 0.254 e. The molecule has 3 heterocycles. The van der Waals surface area contributed by atoms with Crippen LogP contribution in [0.5, 0.6) is 11.5 Å². The number of aryl methyl sites for hydroxylation is 1. The van der Waals surface area contributed by atoms with Crippen molar-refractivity contribution in [2.75, 3.05) is 6.79 Å². The second-order valence-electron chi connectivity index (χ2n) is 7.15. The summed E-state index contributed by atoms with van der Waals surface area (Å²) in [6.45, 7) is 3.23. The molecule has 0 fully saturated rings. The molecule has 0 saturated carbocycles. The quantitative estimate of drug-likeness (QED) is 0.512. The van der Waals surface area contributed by atoms with Crippen LogP contribution in [0.3, 0.4) is 0 Å². The maximum atomic E-state index is 12.7. The van der Waals surface area contributed by atoms with Crippen LogP contribution in [0.25, 0.3) is 16.7 Å². The van der Waals surface area contributed by atoms with Crippen LogP contribution >= 0.6 is 11.6 Å². The highest BCUT2D eigenvalue weighted by Gasteiger charge is 2.14. The fraction of sp³-hybridized carbons (Fsp3) is 0.182. The minimum atomic E-state index is -0.143. The monoisotopic (exact) mass is 422 g/mol. The van der Waals surface area contributed by atoms with Gasteiger partial charge in [0.05, 0.1) is 11.4 Å². The van der Waals surface area contributed by atoms with Crippen molar-refractivity contribution in [3.05, 3.63) is 80.7 Å². The zero-order chi connectivity index (χ0) is 20.7. The van der Waals surface area contributed by atoms with Crippen LogP contribution in [0, 0.1) is 6.92 Å². The predicted octanol–water partition coefficient (Wildman–Crippen LogP) is 3.69. The van der Waals surface area contributed by atoms with Gasteiger partial charge in [-0.25, -0.2) is 4.68 Å². The predicted molar refractivity (Wildman–Crippen MR) is 115 cm³/mol. The van der Waals surface area contributed by atoms with Crippen molar-refractivity contribution in [2.24, 2.45) is 0 Å². The smallest absolute Gasteiger partial charge is 0.254 e. The Balaban J connectivity index is 1.38. The Morgan fingerprint density at radius 1 is 1.10 bits per heavy atom. The molecule has 0 unspecified atom stereocenters. The molecule has 0 saturated heterocycles. The van der Waals surface area contributed by atoms with Gasteiger partial charge in [0.25, 0.3) is 5.56 Å². The summed E-state index contributed by atoms with van der Waals surface area (Å²) in [5.74, 6) is 1.51. The Hall–Kier alpha value is -3.29. The molecule has 0 amide bonds. The number of aromatic amines is 1. The fourth-order valence-electron chi connectivity index (χ4n) is 3.55. The van der Waals surface area contributed by atoms with Gasteiger partial charge in [-0.2, -0.15) is 5.10 Å². The Labute approximate surface area is 177 Å². The summed E-state index contributed by atoms with van der Waals surface area (Å²) in [5.41, 5.74) is 3.91. The number of nitrogens with one attached hydrogen (secondary N) is 2. The van der Waals surface area contributed by atoms with Crippen molar-refractivity contribution in [2.45, 2.75) is 20.0 Å². The van der Waals surface area contributed by atoms with Crippen molar-refractivity contribution in [1.29, 1.82) is 0 Å². The van der Waals surface area contributed by atoms with Crippen LogP contribution in [-0.4, -0.2) is 21.6 Å². The van der Waals surface area contributed by atoms with Crippen LogP contribution in [0.4, 0.5) is 0 Å². The topological polar surface area (TPSA) is 81.2 Å². The van der Waals surface area contributed by atoms with Crippen LogP contribution in [0.15, 0.2) is 53.3 Å². The highest BCUT2D eigenvalue weighted by molar-refractivity contribution is 6.30. The molecule has 0 spiro atoms. The van der Waals surface area contributed by atoms with Crippen LogP contribution in [0.1, 0.15) is 16.8 Å². The number of rotatable bonds is 5. The standard InChI is InChI=1S/C22H19ClN4O3/c1-13-18-9-15(11-24-10-14-2-7-19-20(8-14)30-12-29-19)22(28)25-21(18)27(26-13)17-5-3-16(23)4-6-17/h2-9,24H,10-12H2,1H3,(H,25,28). The third kappa shape index (κ3) is 3.42. The highest BCUT2D eigenvalue weighted by Crippen LogP contribution is 2.32. The van der Waals surface area contributed by atoms with Gasteiger partial charge in [-0.1, -0.05) is 17.7 Å². The van der Waals surface area contributed by atoms with Gasteiger partial charge in [-0.15, -0.1) is 0 Å². The van der Waals surface area contributed by atoms with Crippen LogP contribution < -0.4 is 20.3 Å². The third-order valence-corrected chi connectivity index (χ3v) is 5.35. The van der Waals surface area contributed by atoms with Gasteiger partial charge < -0.3 is 19.8 Å². The molecule has 1 aliphatic rings. The average molecular weight is 423 g/mol. The van der Waals surface area contributed by atoms with E-state index in [0.29, 0.717) is 29.3 Å². The van der Waals surface area contributed by atoms with E-state index in [1.165, 1.54) is 0 Å². The third-order valence-electron chi connectivity index (χ3n) is 5.10. The molecular formula is C22H19ClN4O3. The van der Waals surface area contributed by atoms with Gasteiger partial charge in [-0.3, -0.25) is 4.79 Å². The molecule has 30 heavy (non-hydrogen) atoms. The maximum absolute atomic E-state index is 12.7. The van der Waals surface area contributed by atoms with E-state index in [0.717, 1.165) is 33.8 Å². The van der Waals surface area contributed by atoms with E-state index in [1.54, 1.807) is 16.8 Å². The molecule has 0 atom stereocenters. The number of ether oxygens (including phenoxy) is 2. The summed E-state index contributed by atoms with van der Waals surface area (Å²) in [6, 6.07) is 15.1. The summed E-state index contributed by atoms with van der Waals surface area (Å²) >= 11 is 5.98. The minimum absolute atomic E-state index is 0.143. The normalized spacial score (nSPS) is 12.6. The number of fused-ring (bicyclic) bond motifs is 2. The first-order valence-electron chi connectivity index (χ1n) is 9.55. The van der Waals surface area contributed by atoms with E-state index < -0.39 is 0 Å². The van der Waals surface area contributed by atoms with E-state index in [4.69, 9.17) is 21.1 Å². The molecule has 0 radical (unpaired) electrons. The van der Waals surface area contributed by atoms with Gasteiger partial charge in [0, 0.05) is 29.1 Å². The number of H-pyrrole nitrogens is 1. The largest absolute Gasteiger partial charge is 0.454 e. The SMILES string of the molecule is Cc1nn(-c2ccc(Cl)cc2)c2[nH]c(=O)c(CNCc3ccc4c(c3)OCO4)cc12. The van der Waals surface area contributed by atoms with Gasteiger partial charge >= 0.3 is 0 Å². The summed E-state index contributed by atoms with van der Waals surface area (Å²) in [5, 5.41) is 9.47. The number of benzene rings is 2. The fourth-order valence-corrected chi connectivity index (χ4v) is 3.68. The van der Waals surface area contributed by atoms with Gasteiger partial charge in [0.2, 0.25) is 6.79 Å². The number of hydrogen-bond donors (Lipinski definition) is 2. The lowest BCUT2D eigenvalue weighted by Crippen LogP contribution is -2.21. The van der Waals surface area contributed by atoms with Crippen molar-refractivity contribution in [1.82, 2.24) is 20.1 Å². The molecular weight excluding hydrogens is 404 g/mol. The minimum Gasteiger partial charge on any atom is -0.454 e. The van der Waals surface area contributed by atoms with E-state index >= 15 is 0 Å². The Morgan fingerprint density at radius 3 is 2.73 bits per heavy atom. The van der Waals surface area contributed by atoms with Crippen molar-refractivity contribution in [3.8, 4) is 17.2 Å². The first-order chi connectivity index (χ1) is 14.6. The van der Waals surface area contributed by atoms with E-state index in [9.17, 15) is 4.79 Å². The van der Waals surface area contributed by atoms with Gasteiger partial charge in [0.15, 0.2) is 11.5 Å². The summed E-state index contributed by atoms with van der Waals surface area (Å²) in [4.78, 5) is 15.7. The summed E-state index contributed by atoms with van der Waals surface area (Å²) < 4.78 is 12.5. The first kappa shape index (κ1) is 18.7. The molecule has 2 aromatic heterocycles. The van der Waals surface area contributed by atoms with Crippen LogP contribution in [0.2, 0.25) is 5.02 Å². The molecule has 4 aromatic rings. The lowest BCUT2D eigenvalue weighted by atomic mass is 10.1. The van der Waals surface area contributed by atoms with Gasteiger partial charge in [0.1, 0.15) is 5.65 Å². The Morgan fingerprint density at radius 2 is 1.90 bits per heavy atom. The number of hydrogen-bond acceptors (Lipinski definition) is 5. The highest BCUT2D eigenvalue weighted by atomic mass is 35.5. The lowest BCUT2D eigenvalue weighted by Gasteiger charge is -2.07. The van der Waals surface area contributed by atoms with Crippen LogP contribution in [-0.2, 0) is 13.1 Å². The zero-order valence-corrected chi connectivity index (χ0v) is 17.0. The summed E-state index contributed by atoms with van der Waals surface area (Å²) in [6.07, 6.45) is 0. The number of nitrogens with zero attached hydrogens (tertiary/aromatic N) is 2.